The summed E-state index contributed by atoms with van der Waals surface area (Å²) in [7, 11) is -3.60. The van der Waals surface area contributed by atoms with Crippen molar-refractivity contribution in [3.05, 3.63) is 54.6 Å². The molecule has 0 bridgehead atoms. The first-order valence-electron chi connectivity index (χ1n) is 10.3. The van der Waals surface area contributed by atoms with E-state index in [1.165, 1.54) is 4.31 Å². The van der Waals surface area contributed by atoms with Crippen molar-refractivity contribution in [3.8, 4) is 11.5 Å². The molecular formula is C22H28N2O6S. The Bertz CT molecular complexity index is 926. The van der Waals surface area contributed by atoms with E-state index in [4.69, 9.17) is 14.2 Å². The van der Waals surface area contributed by atoms with Gasteiger partial charge in [-0.3, -0.25) is 4.79 Å². The summed E-state index contributed by atoms with van der Waals surface area (Å²) in [4.78, 5) is 14.2. The average molecular weight is 449 g/mol. The minimum absolute atomic E-state index is 0.0518. The zero-order valence-electron chi connectivity index (χ0n) is 17.6. The molecule has 2 aromatic carbocycles. The van der Waals surface area contributed by atoms with E-state index < -0.39 is 10.0 Å². The van der Waals surface area contributed by atoms with Gasteiger partial charge >= 0.3 is 0 Å². The van der Waals surface area contributed by atoms with Crippen molar-refractivity contribution in [1.29, 1.82) is 0 Å². The molecule has 1 aliphatic heterocycles. The molecule has 3 rings (SSSR count). The van der Waals surface area contributed by atoms with Crippen LogP contribution in [0.5, 0.6) is 11.5 Å². The zero-order chi connectivity index (χ0) is 22.1. The predicted octanol–water partition coefficient (Wildman–Crippen LogP) is 2.01. The molecule has 9 heteroatoms. The van der Waals surface area contributed by atoms with E-state index in [1.807, 2.05) is 37.3 Å². The van der Waals surface area contributed by atoms with Crippen LogP contribution in [0.15, 0.2) is 59.5 Å². The zero-order valence-corrected chi connectivity index (χ0v) is 18.4. The molecule has 0 spiro atoms. The van der Waals surface area contributed by atoms with E-state index in [9.17, 15) is 13.2 Å². The summed E-state index contributed by atoms with van der Waals surface area (Å²) in [6.07, 6.45) is 0. The maximum Gasteiger partial charge on any atom is 0.248 e. The highest BCUT2D eigenvalue weighted by Crippen LogP contribution is 2.21. The fourth-order valence-corrected chi connectivity index (χ4v) is 4.61. The van der Waals surface area contributed by atoms with E-state index in [0.29, 0.717) is 38.7 Å². The minimum Gasteiger partial charge on any atom is -0.494 e. The van der Waals surface area contributed by atoms with Gasteiger partial charge in [0.25, 0.3) is 0 Å². The molecule has 0 saturated carbocycles. The van der Waals surface area contributed by atoms with Crippen LogP contribution >= 0.6 is 0 Å². The first kappa shape index (κ1) is 23.1. The second-order valence-corrected chi connectivity index (χ2v) is 8.84. The minimum atomic E-state index is -3.60. The van der Waals surface area contributed by atoms with Crippen molar-refractivity contribution in [3.63, 3.8) is 0 Å². The molecule has 31 heavy (non-hydrogen) atoms. The molecule has 0 aliphatic carbocycles. The van der Waals surface area contributed by atoms with Crippen molar-refractivity contribution in [2.45, 2.75) is 11.8 Å². The molecule has 1 heterocycles. The summed E-state index contributed by atoms with van der Waals surface area (Å²) in [6, 6.07) is 15.8. The molecule has 0 unspecified atom stereocenters. The first-order valence-corrected chi connectivity index (χ1v) is 11.7. The van der Waals surface area contributed by atoms with Gasteiger partial charge in [-0.1, -0.05) is 18.2 Å². The number of nitrogens with zero attached hydrogens (tertiary/aromatic N) is 2. The summed E-state index contributed by atoms with van der Waals surface area (Å²) in [5, 5.41) is 0. The van der Waals surface area contributed by atoms with Gasteiger partial charge in [0.15, 0.2) is 0 Å². The fraction of sp³-hybridized carbons (Fsp3) is 0.409. The summed E-state index contributed by atoms with van der Waals surface area (Å²) in [5.41, 5.74) is 0. The van der Waals surface area contributed by atoms with E-state index in [0.717, 1.165) is 5.75 Å². The largest absolute Gasteiger partial charge is 0.494 e. The normalized spacial score (nSPS) is 14.9. The number of carbonyl (C=O) groups excluding carboxylic acids is 1. The number of amides is 1. The summed E-state index contributed by atoms with van der Waals surface area (Å²) >= 11 is 0. The van der Waals surface area contributed by atoms with Crippen LogP contribution < -0.4 is 9.47 Å². The molecule has 168 valence electrons. The van der Waals surface area contributed by atoms with E-state index >= 15 is 0 Å². The third kappa shape index (κ3) is 6.43. The maximum absolute atomic E-state index is 12.8. The summed E-state index contributed by atoms with van der Waals surface area (Å²) < 4.78 is 43.4. The van der Waals surface area contributed by atoms with Gasteiger partial charge in [0.1, 0.15) is 24.7 Å². The van der Waals surface area contributed by atoms with Crippen LogP contribution in [0.2, 0.25) is 0 Å². The third-order valence-electron chi connectivity index (χ3n) is 4.83. The molecule has 1 aliphatic rings. The lowest BCUT2D eigenvalue weighted by molar-refractivity contribution is -0.137. The number of hydrogen-bond donors (Lipinski definition) is 0. The average Bonchev–Trinajstić information content (AvgIpc) is 2.80. The molecule has 0 atom stereocenters. The molecular weight excluding hydrogens is 420 g/mol. The highest BCUT2D eigenvalue weighted by molar-refractivity contribution is 7.89. The van der Waals surface area contributed by atoms with Gasteiger partial charge in [-0.2, -0.15) is 4.31 Å². The van der Waals surface area contributed by atoms with Gasteiger partial charge < -0.3 is 19.1 Å². The van der Waals surface area contributed by atoms with E-state index in [1.54, 1.807) is 29.2 Å². The fourth-order valence-electron chi connectivity index (χ4n) is 3.19. The van der Waals surface area contributed by atoms with Crippen LogP contribution in [0.3, 0.4) is 0 Å². The van der Waals surface area contributed by atoms with E-state index in [2.05, 4.69) is 0 Å². The molecule has 0 N–H and O–H groups in total. The van der Waals surface area contributed by atoms with Crippen molar-refractivity contribution >= 4 is 15.9 Å². The monoisotopic (exact) mass is 448 g/mol. The van der Waals surface area contributed by atoms with Crippen molar-refractivity contribution in [2.24, 2.45) is 0 Å². The van der Waals surface area contributed by atoms with Crippen LogP contribution in [0.1, 0.15) is 6.92 Å². The molecule has 1 fully saturated rings. The van der Waals surface area contributed by atoms with Gasteiger partial charge in [-0.05, 0) is 43.3 Å². The van der Waals surface area contributed by atoms with E-state index in [-0.39, 0.29) is 30.5 Å². The number of para-hydroxylation sites is 1. The summed E-state index contributed by atoms with van der Waals surface area (Å²) in [5.74, 6) is 1.23. The van der Waals surface area contributed by atoms with Crippen molar-refractivity contribution < 1.29 is 27.4 Å². The Morgan fingerprint density at radius 2 is 1.52 bits per heavy atom. The number of carbonyl (C=O) groups is 1. The standard InChI is InChI=1S/C22H28N2O6S/c1-2-29-20-8-10-21(11-9-20)31(26,27)24-14-12-23(13-15-24)22(25)18-28-16-17-30-19-6-4-3-5-7-19/h3-11H,2,12-18H2,1H3. The Kier molecular flexibility index (Phi) is 8.27. The van der Waals surface area contributed by atoms with Crippen LogP contribution in [-0.4, -0.2) is 76.1 Å². The molecule has 8 nitrogen and oxygen atoms in total. The lowest BCUT2D eigenvalue weighted by atomic mass is 10.3. The molecule has 0 radical (unpaired) electrons. The third-order valence-corrected chi connectivity index (χ3v) is 6.74. The van der Waals surface area contributed by atoms with Crippen molar-refractivity contribution in [2.75, 3.05) is 52.6 Å². The van der Waals surface area contributed by atoms with Crippen molar-refractivity contribution in [1.82, 2.24) is 9.21 Å². The van der Waals surface area contributed by atoms with Crippen LogP contribution in [0.25, 0.3) is 0 Å². The van der Waals surface area contributed by atoms with Gasteiger partial charge in [-0.25, -0.2) is 8.42 Å². The number of piperazine rings is 1. The highest BCUT2D eigenvalue weighted by atomic mass is 32.2. The Labute approximate surface area is 183 Å². The van der Waals surface area contributed by atoms with Gasteiger partial charge in [0.05, 0.1) is 18.1 Å². The Hall–Kier alpha value is -2.62. The Morgan fingerprint density at radius 1 is 0.871 bits per heavy atom. The second-order valence-electron chi connectivity index (χ2n) is 6.90. The maximum atomic E-state index is 12.8. The molecule has 0 aromatic heterocycles. The number of rotatable bonds is 10. The first-order chi connectivity index (χ1) is 15.0. The second kappa shape index (κ2) is 11.1. The molecule has 2 aromatic rings. The number of hydrogen-bond acceptors (Lipinski definition) is 6. The predicted molar refractivity (Wildman–Crippen MR) is 116 cm³/mol. The number of sulfonamides is 1. The van der Waals surface area contributed by atoms with Crippen LogP contribution in [-0.2, 0) is 19.6 Å². The van der Waals surface area contributed by atoms with Gasteiger partial charge in [0.2, 0.25) is 15.9 Å². The lowest BCUT2D eigenvalue weighted by Crippen LogP contribution is -2.51. The summed E-state index contributed by atoms with van der Waals surface area (Å²) in [6.45, 7) is 4.15. The van der Waals surface area contributed by atoms with Gasteiger partial charge in [0, 0.05) is 26.2 Å². The number of ether oxygens (including phenoxy) is 3. The molecule has 1 amide bonds. The Morgan fingerprint density at radius 3 is 2.16 bits per heavy atom. The lowest BCUT2D eigenvalue weighted by Gasteiger charge is -2.34. The van der Waals surface area contributed by atoms with Crippen LogP contribution in [0, 0.1) is 0 Å². The number of benzene rings is 2. The SMILES string of the molecule is CCOc1ccc(S(=O)(=O)N2CCN(C(=O)COCCOc3ccccc3)CC2)cc1. The quantitative estimate of drug-likeness (QED) is 0.517. The highest BCUT2D eigenvalue weighted by Gasteiger charge is 2.30. The molecule has 1 saturated heterocycles. The smallest absolute Gasteiger partial charge is 0.248 e. The van der Waals surface area contributed by atoms with Gasteiger partial charge in [-0.15, -0.1) is 0 Å². The Balaban J connectivity index is 1.40. The topological polar surface area (TPSA) is 85.4 Å². The van der Waals surface area contributed by atoms with Crippen LogP contribution in [0.4, 0.5) is 0 Å².